The van der Waals surface area contributed by atoms with E-state index in [1.54, 1.807) is 12.2 Å². The first-order chi connectivity index (χ1) is 20.0. The quantitative estimate of drug-likeness (QED) is 0.302. The molecule has 227 valence electrons. The normalized spacial score (nSPS) is 12.5. The van der Waals surface area contributed by atoms with Gasteiger partial charge >= 0.3 is 29.0 Å². The molecular formula is C34H34FeN4O5+. The molecule has 0 spiro atoms. The smallest absolute Gasteiger partial charge is 0.657 e. The third kappa shape index (κ3) is 6.24. The van der Waals surface area contributed by atoms with Crippen LogP contribution in [0.3, 0.4) is 0 Å². The van der Waals surface area contributed by atoms with Gasteiger partial charge < -0.3 is 25.7 Å². The summed E-state index contributed by atoms with van der Waals surface area (Å²) in [6.45, 7) is 15.9. The average molecular weight is 635 g/mol. The molecule has 2 aliphatic heterocycles. The molecule has 0 saturated carbocycles. The van der Waals surface area contributed by atoms with Gasteiger partial charge in [0.1, 0.15) is 0 Å². The fraction of sp³-hybridized carbons (Fsp3) is 0.235. The summed E-state index contributed by atoms with van der Waals surface area (Å²) in [7, 11) is 0. The Hall–Kier alpha value is -4.50. The molecule has 10 heteroatoms. The Morgan fingerprint density at radius 3 is 1.48 bits per heavy atom. The van der Waals surface area contributed by atoms with Crippen molar-refractivity contribution in [3.63, 3.8) is 0 Å². The molecule has 5 rings (SSSR count). The Balaban J connectivity index is 0.00000264. The SMILES string of the molecule is C=CC1=C(C)c2cc3[n-]c(cc4[n-]c(cc5nc(cc1n2)C(C)=C5C=C)c(C)c4CCC(=O)O)c(CCC(=O)O)c3C.O.[Fe+3]. The van der Waals surface area contributed by atoms with Crippen molar-refractivity contribution in [2.45, 2.75) is 53.4 Å². The van der Waals surface area contributed by atoms with Gasteiger partial charge in [-0.25, -0.2) is 9.97 Å². The van der Waals surface area contributed by atoms with Gasteiger partial charge in [0.25, 0.3) is 0 Å². The Bertz CT molecular complexity index is 1930. The van der Waals surface area contributed by atoms with Crippen LogP contribution in [0, 0.1) is 13.8 Å². The van der Waals surface area contributed by atoms with Crippen molar-refractivity contribution in [3.8, 4) is 0 Å². The molecule has 0 aromatic carbocycles. The van der Waals surface area contributed by atoms with Crippen LogP contribution in [-0.2, 0) is 39.5 Å². The van der Waals surface area contributed by atoms with E-state index < -0.39 is 11.9 Å². The fourth-order valence-corrected chi connectivity index (χ4v) is 5.61. The summed E-state index contributed by atoms with van der Waals surface area (Å²) in [6, 6.07) is 7.62. The number of nitrogens with zero attached hydrogens (tertiary/aromatic N) is 4. The minimum Gasteiger partial charge on any atom is -0.657 e. The third-order valence-electron chi connectivity index (χ3n) is 8.06. The molecule has 9 nitrogen and oxygen atoms in total. The van der Waals surface area contributed by atoms with Crippen LogP contribution in [0.5, 0.6) is 0 Å². The molecule has 4 N–H and O–H groups in total. The van der Waals surface area contributed by atoms with Crippen LogP contribution < -0.4 is 9.97 Å². The number of hydrogen-bond acceptors (Lipinski definition) is 4. The van der Waals surface area contributed by atoms with E-state index in [0.717, 1.165) is 61.6 Å². The maximum atomic E-state index is 11.5. The zero-order valence-electron chi connectivity index (χ0n) is 25.1. The van der Waals surface area contributed by atoms with Crippen molar-refractivity contribution in [1.29, 1.82) is 0 Å². The van der Waals surface area contributed by atoms with Gasteiger partial charge in [-0.2, -0.15) is 0 Å². The number of aromatic nitrogens is 4. The van der Waals surface area contributed by atoms with Crippen molar-refractivity contribution in [2.75, 3.05) is 0 Å². The predicted octanol–water partition coefficient (Wildman–Crippen LogP) is 5.63. The van der Waals surface area contributed by atoms with Gasteiger partial charge in [0.05, 0.1) is 22.8 Å². The summed E-state index contributed by atoms with van der Waals surface area (Å²) in [5.41, 5.74) is 12.6. The second-order valence-electron chi connectivity index (χ2n) is 10.6. The Labute approximate surface area is 266 Å². The summed E-state index contributed by atoms with van der Waals surface area (Å²) < 4.78 is 0. The van der Waals surface area contributed by atoms with Gasteiger partial charge in [-0.05, 0) is 57.7 Å². The first kappa shape index (κ1) is 34.0. The van der Waals surface area contributed by atoms with E-state index in [2.05, 4.69) is 13.2 Å². The van der Waals surface area contributed by atoms with Crippen LogP contribution >= 0.6 is 0 Å². The molecule has 8 bridgehead atoms. The molecule has 2 aliphatic rings. The van der Waals surface area contributed by atoms with Crippen LogP contribution in [0.1, 0.15) is 71.7 Å². The van der Waals surface area contributed by atoms with E-state index in [1.165, 1.54) is 0 Å². The number of aryl methyl sites for hydroxylation is 4. The molecule has 0 amide bonds. The minimum atomic E-state index is -0.898. The van der Waals surface area contributed by atoms with E-state index in [-0.39, 0.29) is 35.4 Å². The molecule has 0 saturated heterocycles. The molecule has 44 heavy (non-hydrogen) atoms. The first-order valence-electron chi connectivity index (χ1n) is 13.8. The van der Waals surface area contributed by atoms with E-state index in [1.807, 2.05) is 52.0 Å². The number of carboxylic acids is 2. The van der Waals surface area contributed by atoms with Gasteiger partial charge in [0.2, 0.25) is 0 Å². The number of rotatable bonds is 8. The second-order valence-corrected chi connectivity index (χ2v) is 10.6. The standard InChI is InChI=1S/C34H34N4O4.Fe.H2O/c1-7-21-17(3)25-13-26-19(5)23(9-11-33(39)40)31(37-26)16-32-24(10-12-34(41)42)20(6)28(38-32)15-30-22(8-2)18(4)27(36-30)14-29(21)35-25;;/h7-8,13-16H,1-2,9-12H2,3-6H3,(H4,35,36,37,38,39,40,41,42);;1H2/q;+3;/p-2. The monoisotopic (exact) mass is 634 g/mol. The number of hydrogen-bond donors (Lipinski definition) is 2. The van der Waals surface area contributed by atoms with Gasteiger partial charge in [0.15, 0.2) is 0 Å². The summed E-state index contributed by atoms with van der Waals surface area (Å²) in [5, 5.41) is 18.9. The second kappa shape index (κ2) is 13.4. The van der Waals surface area contributed by atoms with Crippen LogP contribution in [0.4, 0.5) is 0 Å². The topological polar surface area (TPSA) is 160 Å². The number of fused-ring (bicyclic) bond motifs is 8. The zero-order valence-corrected chi connectivity index (χ0v) is 26.2. The van der Waals surface area contributed by atoms with Crippen molar-refractivity contribution in [1.82, 2.24) is 19.9 Å². The van der Waals surface area contributed by atoms with Crippen molar-refractivity contribution in [3.05, 3.63) is 94.6 Å². The van der Waals surface area contributed by atoms with Gasteiger partial charge in [-0.3, -0.25) is 9.59 Å². The molecule has 0 atom stereocenters. The summed E-state index contributed by atoms with van der Waals surface area (Å²) in [6.07, 6.45) is 4.06. The number of carboxylic acid groups (broad SMARTS) is 2. The molecular weight excluding hydrogens is 600 g/mol. The molecule has 0 fully saturated rings. The first-order valence-corrected chi connectivity index (χ1v) is 13.8. The van der Waals surface area contributed by atoms with Crippen LogP contribution in [0.2, 0.25) is 0 Å². The van der Waals surface area contributed by atoms with Crippen LogP contribution in [-0.4, -0.2) is 37.6 Å². The zero-order chi connectivity index (χ0) is 30.3. The minimum absolute atomic E-state index is 0. The van der Waals surface area contributed by atoms with Gasteiger partial charge in [-0.1, -0.05) is 65.8 Å². The van der Waals surface area contributed by atoms with Crippen LogP contribution in [0.25, 0.3) is 44.4 Å². The molecule has 5 heterocycles. The molecule has 3 aromatic heterocycles. The van der Waals surface area contributed by atoms with E-state index >= 15 is 0 Å². The molecule has 3 aromatic rings. The van der Waals surface area contributed by atoms with Crippen molar-refractivity contribution >= 4 is 56.3 Å². The maximum Gasteiger partial charge on any atom is 3.00 e. The summed E-state index contributed by atoms with van der Waals surface area (Å²) in [5.74, 6) is -1.80. The van der Waals surface area contributed by atoms with E-state index in [9.17, 15) is 19.8 Å². The van der Waals surface area contributed by atoms with Crippen molar-refractivity contribution < 1.29 is 42.3 Å². The molecule has 1 radical (unpaired) electrons. The number of aliphatic carboxylic acids is 2. The van der Waals surface area contributed by atoms with Gasteiger partial charge in [-0.15, -0.1) is 22.1 Å². The van der Waals surface area contributed by atoms with Gasteiger partial charge in [0, 0.05) is 24.0 Å². The van der Waals surface area contributed by atoms with E-state index in [0.29, 0.717) is 40.6 Å². The average Bonchev–Trinajstić information content (AvgIpc) is 3.59. The maximum absolute atomic E-state index is 11.5. The van der Waals surface area contributed by atoms with Crippen LogP contribution in [0.15, 0.2) is 49.6 Å². The summed E-state index contributed by atoms with van der Waals surface area (Å²) in [4.78, 5) is 42.7. The molecule has 0 aliphatic carbocycles. The Kier molecular flexibility index (Phi) is 10.4. The Morgan fingerprint density at radius 2 is 1.07 bits per heavy atom. The molecule has 0 unspecified atom stereocenters. The van der Waals surface area contributed by atoms with Crippen molar-refractivity contribution in [2.24, 2.45) is 0 Å². The summed E-state index contributed by atoms with van der Waals surface area (Å²) >= 11 is 0. The number of allylic oxidation sites excluding steroid dienone is 6. The predicted molar refractivity (Wildman–Crippen MR) is 169 cm³/mol. The fourth-order valence-electron chi connectivity index (χ4n) is 5.61. The number of carbonyl (C=O) groups is 2. The van der Waals surface area contributed by atoms with E-state index in [4.69, 9.17) is 19.9 Å². The Morgan fingerprint density at radius 1 is 0.682 bits per heavy atom. The largest absolute Gasteiger partial charge is 3.00 e. The third-order valence-corrected chi connectivity index (χ3v) is 8.06.